The zero-order valence-corrected chi connectivity index (χ0v) is 40.8. The normalized spacial score (nSPS) is 24.1. The van der Waals surface area contributed by atoms with Gasteiger partial charge in [-0.1, -0.05) is 74.6 Å². The van der Waals surface area contributed by atoms with Gasteiger partial charge >= 0.3 is 17.9 Å². The highest BCUT2D eigenvalue weighted by atomic mass is 16.5. The van der Waals surface area contributed by atoms with E-state index in [9.17, 15) is 63.3 Å². The predicted molar refractivity (Wildman–Crippen MR) is 257 cm³/mol. The van der Waals surface area contributed by atoms with Gasteiger partial charge in [-0.25, -0.2) is 9.59 Å². The van der Waals surface area contributed by atoms with Crippen molar-refractivity contribution in [3.63, 3.8) is 0 Å². The van der Waals surface area contributed by atoms with Gasteiger partial charge in [-0.05, 0) is 51.5 Å². The predicted octanol–water partition coefficient (Wildman–Crippen LogP) is -0.809. The van der Waals surface area contributed by atoms with Crippen LogP contribution in [0.2, 0.25) is 0 Å². The van der Waals surface area contributed by atoms with Gasteiger partial charge in [0.2, 0.25) is 35.4 Å². The Morgan fingerprint density at radius 3 is 2.06 bits per heavy atom. The molecule has 24 heteroatoms. The van der Waals surface area contributed by atoms with E-state index in [1.54, 1.807) is 20.1 Å². The van der Waals surface area contributed by atoms with E-state index in [4.69, 9.17) is 16.2 Å². The molecule has 7 amide bonds. The highest BCUT2D eigenvalue weighted by Gasteiger charge is 2.34. The lowest BCUT2D eigenvalue weighted by atomic mass is 9.94. The number of ether oxygens (including phenoxy) is 1. The van der Waals surface area contributed by atoms with Crippen molar-refractivity contribution in [1.82, 2.24) is 36.8 Å². The van der Waals surface area contributed by atoms with Crippen molar-refractivity contribution in [2.45, 2.75) is 121 Å². The number of carboxylic acid groups (broad SMARTS) is 3. The molecule has 390 valence electrons. The minimum absolute atomic E-state index is 0.0123. The van der Waals surface area contributed by atoms with Crippen LogP contribution in [0.15, 0.2) is 71.4 Å². The molecule has 13 N–H and O–H groups in total. The van der Waals surface area contributed by atoms with Gasteiger partial charge in [-0.15, -0.1) is 0 Å². The van der Waals surface area contributed by atoms with Gasteiger partial charge in [0.05, 0.1) is 24.5 Å². The molecule has 0 spiro atoms. The lowest BCUT2D eigenvalue weighted by Gasteiger charge is -2.27. The second kappa shape index (κ2) is 29.4. The number of allylic oxidation sites excluding steroid dienone is 2. The molecule has 1 saturated heterocycles. The molecule has 9 atom stereocenters. The quantitative estimate of drug-likeness (QED) is 0.0317. The molecule has 1 heterocycles. The van der Waals surface area contributed by atoms with E-state index in [0.29, 0.717) is 12.0 Å². The highest BCUT2D eigenvalue weighted by Crippen LogP contribution is 2.18. The summed E-state index contributed by atoms with van der Waals surface area (Å²) in [5.74, 6) is -13.2. The summed E-state index contributed by atoms with van der Waals surface area (Å²) >= 11 is 0. The van der Waals surface area contributed by atoms with Gasteiger partial charge in [-0.2, -0.15) is 0 Å². The first-order chi connectivity index (χ1) is 33.3. The largest absolute Gasteiger partial charge is 0.481 e. The molecular formula is C47H68N10O14. The molecule has 1 aliphatic heterocycles. The fraction of sp³-hybridized carbons (Fsp3) is 0.511. The van der Waals surface area contributed by atoms with Crippen LogP contribution in [-0.2, 0) is 59.1 Å². The number of guanidine groups is 1. The van der Waals surface area contributed by atoms with E-state index in [0.717, 1.165) is 17.5 Å². The highest BCUT2D eigenvalue weighted by molar-refractivity contribution is 6.00. The van der Waals surface area contributed by atoms with E-state index in [1.165, 1.54) is 19.9 Å². The third-order valence-electron chi connectivity index (χ3n) is 11.4. The number of likely N-dealkylation sites (N-methyl/N-ethyl adjacent to an activating group) is 1. The maximum absolute atomic E-state index is 14.2. The summed E-state index contributed by atoms with van der Waals surface area (Å²) < 4.78 is 5.79. The van der Waals surface area contributed by atoms with E-state index in [-0.39, 0.29) is 37.4 Å². The van der Waals surface area contributed by atoms with Gasteiger partial charge in [0.25, 0.3) is 5.91 Å². The number of rotatable bonds is 16. The number of amides is 7. The van der Waals surface area contributed by atoms with E-state index < -0.39 is 139 Å². The molecule has 24 nitrogen and oxygen atoms in total. The molecule has 0 bridgehead atoms. The summed E-state index contributed by atoms with van der Waals surface area (Å²) in [6.45, 7) is 9.87. The van der Waals surface area contributed by atoms with Crippen molar-refractivity contribution in [1.29, 1.82) is 0 Å². The summed E-state index contributed by atoms with van der Waals surface area (Å²) in [7, 11) is 2.75. The van der Waals surface area contributed by atoms with E-state index in [2.05, 4.69) is 43.5 Å². The SMILES string of the molecule is C=C1C(=O)N[C@H](C)C(=O)N[C@@H](CCC(=O)O)C(=O)N[C@@H](C(=O)O)CC(=O)NC(CCCN=C(N)N)C(=O)N[C@@H](/C=C/C(C)=C/[C@H](C)[C@H](Cc2ccccc2)OC)[C@H](C)C(=O)N[C@@H](C(=O)O)CCC(=O)N1C. The maximum atomic E-state index is 14.2. The standard InChI is InChI=1S/C47H68N10O14/c1-25(22-26(2)36(71-7)23-30-12-9-8-10-13-30)15-16-31-27(3)40(62)55-34(45(67)68)17-19-38(59)57(6)29(5)42(64)51-28(4)41(63)54-33(18-20-39(60)61)44(66)56-35(46(69)70)24-37(58)52-32(43(65)53-31)14-11-21-50-47(48)49/h8-10,12-13,15-16,22,26-28,31-36H,5,11,14,17-21,23-24H2,1-4,6-7H3,(H,51,64)(H,52,58)(H,53,65)(H,54,63)(H,55,62)(H,56,66)(H,60,61)(H,67,68)(H,69,70)(H4,48,49,50)/b16-15+,25-22+/t26-,27-,28+,31-,32?,33-,34+,35+,36-/m0/s1. The van der Waals surface area contributed by atoms with Crippen LogP contribution in [0.4, 0.5) is 0 Å². The molecule has 0 radical (unpaired) electrons. The Kier molecular flexibility index (Phi) is 24.6. The minimum atomic E-state index is -2.00. The van der Waals surface area contributed by atoms with Crippen LogP contribution in [0.5, 0.6) is 0 Å². The molecule has 71 heavy (non-hydrogen) atoms. The molecule has 1 fully saturated rings. The monoisotopic (exact) mass is 996 g/mol. The number of hydrogen-bond donors (Lipinski definition) is 11. The number of aliphatic carboxylic acids is 3. The zero-order chi connectivity index (χ0) is 53.5. The van der Waals surface area contributed by atoms with Crippen LogP contribution in [0, 0.1) is 11.8 Å². The summed E-state index contributed by atoms with van der Waals surface area (Å²) in [6.07, 6.45) is 2.10. The fourth-order valence-corrected chi connectivity index (χ4v) is 7.09. The van der Waals surface area contributed by atoms with Crippen molar-refractivity contribution < 1.29 is 68.0 Å². The second-order valence-corrected chi connectivity index (χ2v) is 17.1. The van der Waals surface area contributed by atoms with Crippen LogP contribution in [0.25, 0.3) is 0 Å². The molecular weight excluding hydrogens is 929 g/mol. The summed E-state index contributed by atoms with van der Waals surface area (Å²) in [4.78, 5) is 136. The lowest BCUT2D eigenvalue weighted by Crippen LogP contribution is -2.56. The Bertz CT molecular complexity index is 2200. The number of nitrogens with one attached hydrogen (secondary N) is 6. The molecule has 1 unspecified atom stereocenters. The Labute approximate surface area is 411 Å². The molecule has 0 aromatic heterocycles. The summed E-state index contributed by atoms with van der Waals surface area (Å²) in [5.41, 5.74) is 12.2. The Hall–Kier alpha value is -7.63. The zero-order valence-electron chi connectivity index (χ0n) is 40.8. The van der Waals surface area contributed by atoms with E-state index in [1.807, 2.05) is 43.3 Å². The first-order valence-electron chi connectivity index (χ1n) is 22.8. The van der Waals surface area contributed by atoms with Crippen LogP contribution in [0.3, 0.4) is 0 Å². The number of carbonyl (C=O) groups excluding carboxylic acids is 7. The van der Waals surface area contributed by atoms with Gasteiger partial charge in [-0.3, -0.25) is 43.3 Å². The molecule has 1 aliphatic rings. The van der Waals surface area contributed by atoms with Crippen LogP contribution in [0.1, 0.15) is 78.2 Å². The Morgan fingerprint density at radius 2 is 1.46 bits per heavy atom. The summed E-state index contributed by atoms with van der Waals surface area (Å²) in [5, 5.41) is 43.8. The summed E-state index contributed by atoms with van der Waals surface area (Å²) in [6, 6.07) is 0.195. The van der Waals surface area contributed by atoms with Crippen molar-refractivity contribution in [3.8, 4) is 0 Å². The van der Waals surface area contributed by atoms with Crippen LogP contribution in [-0.4, -0.2) is 148 Å². The average Bonchev–Trinajstić information content (AvgIpc) is 3.31. The van der Waals surface area contributed by atoms with Gasteiger partial charge in [0.1, 0.15) is 35.9 Å². The minimum Gasteiger partial charge on any atom is -0.481 e. The first-order valence-corrected chi connectivity index (χ1v) is 22.8. The fourth-order valence-electron chi connectivity index (χ4n) is 7.09. The van der Waals surface area contributed by atoms with Gasteiger partial charge in [0, 0.05) is 39.5 Å². The van der Waals surface area contributed by atoms with Crippen molar-refractivity contribution in [2.75, 3.05) is 20.7 Å². The Morgan fingerprint density at radius 1 is 0.859 bits per heavy atom. The van der Waals surface area contributed by atoms with Gasteiger partial charge < -0.3 is 68.3 Å². The average molecular weight is 997 g/mol. The molecule has 0 saturated carbocycles. The molecule has 2 rings (SSSR count). The topological polar surface area (TPSA) is 380 Å². The number of nitrogens with two attached hydrogens (primary N) is 2. The molecule has 1 aromatic rings. The van der Waals surface area contributed by atoms with Crippen molar-refractivity contribution in [3.05, 3.63) is 72.0 Å². The number of nitrogens with zero attached hydrogens (tertiary/aromatic N) is 2. The third-order valence-corrected chi connectivity index (χ3v) is 11.4. The lowest BCUT2D eigenvalue weighted by molar-refractivity contribution is -0.144. The number of carbonyl (C=O) groups is 10. The number of benzene rings is 1. The first kappa shape index (κ1) is 59.5. The molecule has 1 aromatic carbocycles. The molecule has 0 aliphatic carbocycles. The maximum Gasteiger partial charge on any atom is 0.326 e. The second-order valence-electron chi connectivity index (χ2n) is 17.1. The van der Waals surface area contributed by atoms with E-state index >= 15 is 0 Å². The number of hydrogen-bond acceptors (Lipinski definition) is 12. The Balaban J connectivity index is 2.69. The number of carboxylic acids is 3. The van der Waals surface area contributed by atoms with Crippen LogP contribution < -0.4 is 43.4 Å². The number of aliphatic imine (C=N–C) groups is 1. The number of methoxy groups -OCH3 is 1. The smallest absolute Gasteiger partial charge is 0.326 e. The van der Waals surface area contributed by atoms with Gasteiger partial charge in [0.15, 0.2) is 5.96 Å². The van der Waals surface area contributed by atoms with Crippen molar-refractivity contribution >= 4 is 65.2 Å². The third kappa shape index (κ3) is 20.9. The van der Waals surface area contributed by atoms with Crippen molar-refractivity contribution in [2.24, 2.45) is 28.3 Å². The van der Waals surface area contributed by atoms with Crippen LogP contribution >= 0.6 is 0 Å².